The van der Waals surface area contributed by atoms with E-state index in [1.165, 1.54) is 0 Å². The van der Waals surface area contributed by atoms with Gasteiger partial charge in [0.2, 0.25) is 5.91 Å². The Balaban J connectivity index is 1.86. The molecule has 0 radical (unpaired) electrons. The standard InChI is InChI=1S/C12H19N3O/c1-2-3-6-13-12(16)9-4-5-10-11(7-9)15-8-14-10/h8-9H,2-7H2,1H3,(H,13,16)(H,14,15). The van der Waals surface area contributed by atoms with Crippen molar-refractivity contribution in [3.63, 3.8) is 0 Å². The van der Waals surface area contributed by atoms with Gasteiger partial charge in [0.05, 0.1) is 12.0 Å². The van der Waals surface area contributed by atoms with Gasteiger partial charge in [0.1, 0.15) is 0 Å². The maximum absolute atomic E-state index is 11.9. The first-order chi connectivity index (χ1) is 7.81. The molecule has 0 aromatic carbocycles. The maximum atomic E-state index is 11.9. The summed E-state index contributed by atoms with van der Waals surface area (Å²) in [6.07, 6.45) is 6.57. The summed E-state index contributed by atoms with van der Waals surface area (Å²) >= 11 is 0. The van der Waals surface area contributed by atoms with Crippen LogP contribution in [0.2, 0.25) is 0 Å². The summed E-state index contributed by atoms with van der Waals surface area (Å²) in [5.74, 6) is 0.332. The summed E-state index contributed by atoms with van der Waals surface area (Å²) in [4.78, 5) is 19.2. The Morgan fingerprint density at radius 2 is 2.56 bits per heavy atom. The first-order valence-corrected chi connectivity index (χ1v) is 6.10. The van der Waals surface area contributed by atoms with Crippen molar-refractivity contribution in [1.29, 1.82) is 0 Å². The third-order valence-electron chi connectivity index (χ3n) is 3.19. The molecule has 0 fully saturated rings. The molecule has 1 atom stereocenters. The summed E-state index contributed by atoms with van der Waals surface area (Å²) in [5.41, 5.74) is 2.28. The Bertz CT molecular complexity index is 359. The number of imidazole rings is 1. The lowest BCUT2D eigenvalue weighted by molar-refractivity contribution is -0.125. The molecule has 1 heterocycles. The number of nitrogens with zero attached hydrogens (tertiary/aromatic N) is 1. The van der Waals surface area contributed by atoms with Gasteiger partial charge in [0.25, 0.3) is 0 Å². The van der Waals surface area contributed by atoms with Gasteiger partial charge in [-0.3, -0.25) is 4.79 Å². The fourth-order valence-corrected chi connectivity index (χ4v) is 2.16. The van der Waals surface area contributed by atoms with Crippen LogP contribution in [0.5, 0.6) is 0 Å². The number of hydrogen-bond donors (Lipinski definition) is 2. The SMILES string of the molecule is CCCCNC(=O)C1CCc2nc[nH]c2C1. The van der Waals surface area contributed by atoms with Crippen molar-refractivity contribution in [2.45, 2.75) is 39.0 Å². The van der Waals surface area contributed by atoms with Crippen LogP contribution in [0.3, 0.4) is 0 Å². The molecule has 1 amide bonds. The molecule has 2 N–H and O–H groups in total. The summed E-state index contributed by atoms with van der Waals surface area (Å²) in [7, 11) is 0. The fourth-order valence-electron chi connectivity index (χ4n) is 2.16. The average molecular weight is 221 g/mol. The lowest BCUT2D eigenvalue weighted by Gasteiger charge is -2.20. The molecule has 0 aliphatic heterocycles. The van der Waals surface area contributed by atoms with Gasteiger partial charge in [-0.1, -0.05) is 13.3 Å². The summed E-state index contributed by atoms with van der Waals surface area (Å²) in [6.45, 7) is 2.94. The molecular weight excluding hydrogens is 202 g/mol. The molecule has 1 aliphatic carbocycles. The Morgan fingerprint density at radius 1 is 1.69 bits per heavy atom. The largest absolute Gasteiger partial charge is 0.356 e. The van der Waals surface area contributed by atoms with Crippen LogP contribution in [0.25, 0.3) is 0 Å². The minimum atomic E-state index is 0.129. The second-order valence-electron chi connectivity index (χ2n) is 4.41. The van der Waals surface area contributed by atoms with Crippen LogP contribution in [0.1, 0.15) is 37.6 Å². The Hall–Kier alpha value is -1.32. The molecule has 1 aromatic rings. The van der Waals surface area contributed by atoms with Gasteiger partial charge in [0.15, 0.2) is 0 Å². The van der Waals surface area contributed by atoms with Crippen molar-refractivity contribution in [2.75, 3.05) is 6.54 Å². The molecule has 4 nitrogen and oxygen atoms in total. The van der Waals surface area contributed by atoms with Crippen molar-refractivity contribution in [2.24, 2.45) is 5.92 Å². The van der Waals surface area contributed by atoms with Crippen molar-refractivity contribution in [1.82, 2.24) is 15.3 Å². The summed E-state index contributed by atoms with van der Waals surface area (Å²) in [5, 5.41) is 3.00. The van der Waals surface area contributed by atoms with Crippen molar-refractivity contribution in [3.8, 4) is 0 Å². The molecule has 1 aliphatic rings. The van der Waals surface area contributed by atoms with Gasteiger partial charge < -0.3 is 10.3 Å². The van der Waals surface area contributed by atoms with Crippen molar-refractivity contribution < 1.29 is 4.79 Å². The first-order valence-electron chi connectivity index (χ1n) is 6.10. The van der Waals surface area contributed by atoms with Crippen LogP contribution in [0.4, 0.5) is 0 Å². The topological polar surface area (TPSA) is 57.8 Å². The third-order valence-corrected chi connectivity index (χ3v) is 3.19. The molecule has 0 spiro atoms. The Labute approximate surface area is 95.9 Å². The number of aryl methyl sites for hydroxylation is 1. The number of aromatic nitrogens is 2. The average Bonchev–Trinajstić information content (AvgIpc) is 2.76. The van der Waals surface area contributed by atoms with Gasteiger partial charge in [-0.25, -0.2) is 4.98 Å². The van der Waals surface area contributed by atoms with E-state index in [1.54, 1.807) is 6.33 Å². The number of carbonyl (C=O) groups excluding carboxylic acids is 1. The van der Waals surface area contributed by atoms with Gasteiger partial charge in [-0.2, -0.15) is 0 Å². The molecule has 0 saturated heterocycles. The number of hydrogen-bond acceptors (Lipinski definition) is 2. The molecule has 2 rings (SSSR count). The predicted molar refractivity (Wildman–Crippen MR) is 62.0 cm³/mol. The van der Waals surface area contributed by atoms with Crippen LogP contribution in [0, 0.1) is 5.92 Å². The minimum Gasteiger partial charge on any atom is -0.356 e. The monoisotopic (exact) mass is 221 g/mol. The van der Waals surface area contributed by atoms with Crippen molar-refractivity contribution >= 4 is 5.91 Å². The normalized spacial score (nSPS) is 19.2. The molecule has 88 valence electrons. The zero-order chi connectivity index (χ0) is 11.4. The summed E-state index contributed by atoms with van der Waals surface area (Å²) in [6, 6.07) is 0. The molecule has 16 heavy (non-hydrogen) atoms. The van der Waals surface area contributed by atoms with Crippen LogP contribution in [-0.2, 0) is 17.6 Å². The van der Waals surface area contributed by atoms with E-state index in [1.807, 2.05) is 0 Å². The van der Waals surface area contributed by atoms with Gasteiger partial charge in [0, 0.05) is 24.6 Å². The number of amides is 1. The third kappa shape index (κ3) is 2.43. The van der Waals surface area contributed by atoms with Crippen LogP contribution in [-0.4, -0.2) is 22.4 Å². The molecule has 1 unspecified atom stereocenters. The van der Waals surface area contributed by atoms with E-state index >= 15 is 0 Å². The number of aromatic amines is 1. The highest BCUT2D eigenvalue weighted by Gasteiger charge is 2.25. The smallest absolute Gasteiger partial charge is 0.223 e. The van der Waals surface area contributed by atoms with E-state index in [0.29, 0.717) is 0 Å². The van der Waals surface area contributed by atoms with Crippen LogP contribution >= 0.6 is 0 Å². The lowest BCUT2D eigenvalue weighted by Crippen LogP contribution is -2.34. The second-order valence-corrected chi connectivity index (χ2v) is 4.41. The Kier molecular flexibility index (Phi) is 3.59. The zero-order valence-corrected chi connectivity index (χ0v) is 9.75. The van der Waals surface area contributed by atoms with E-state index in [4.69, 9.17) is 0 Å². The van der Waals surface area contributed by atoms with Gasteiger partial charge >= 0.3 is 0 Å². The first kappa shape index (κ1) is 11.2. The number of unbranched alkanes of at least 4 members (excludes halogenated alkanes) is 1. The quantitative estimate of drug-likeness (QED) is 0.756. The number of nitrogens with one attached hydrogen (secondary N) is 2. The number of rotatable bonds is 4. The van der Waals surface area contributed by atoms with E-state index < -0.39 is 0 Å². The van der Waals surface area contributed by atoms with E-state index in [0.717, 1.165) is 50.0 Å². The van der Waals surface area contributed by atoms with Crippen molar-refractivity contribution in [3.05, 3.63) is 17.7 Å². The van der Waals surface area contributed by atoms with E-state index in [2.05, 4.69) is 22.2 Å². The van der Waals surface area contributed by atoms with Crippen LogP contribution in [0.15, 0.2) is 6.33 Å². The Morgan fingerprint density at radius 3 is 3.38 bits per heavy atom. The predicted octanol–water partition coefficient (Wildman–Crippen LogP) is 1.43. The summed E-state index contributed by atoms with van der Waals surface area (Å²) < 4.78 is 0. The minimum absolute atomic E-state index is 0.129. The number of fused-ring (bicyclic) bond motifs is 1. The number of carbonyl (C=O) groups is 1. The molecular formula is C12H19N3O. The highest BCUT2D eigenvalue weighted by atomic mass is 16.1. The highest BCUT2D eigenvalue weighted by Crippen LogP contribution is 2.22. The maximum Gasteiger partial charge on any atom is 0.223 e. The molecule has 4 heteroatoms. The highest BCUT2D eigenvalue weighted by molar-refractivity contribution is 5.79. The molecule has 0 saturated carbocycles. The molecule has 0 bridgehead atoms. The lowest BCUT2D eigenvalue weighted by atomic mass is 9.89. The fraction of sp³-hybridized carbons (Fsp3) is 0.667. The van der Waals surface area contributed by atoms with Crippen LogP contribution < -0.4 is 5.32 Å². The molecule has 1 aromatic heterocycles. The van der Waals surface area contributed by atoms with E-state index in [-0.39, 0.29) is 11.8 Å². The van der Waals surface area contributed by atoms with E-state index in [9.17, 15) is 4.79 Å². The van der Waals surface area contributed by atoms with Gasteiger partial charge in [-0.05, 0) is 19.3 Å². The second kappa shape index (κ2) is 5.14. The zero-order valence-electron chi connectivity index (χ0n) is 9.75. The van der Waals surface area contributed by atoms with Gasteiger partial charge in [-0.15, -0.1) is 0 Å². The number of H-pyrrole nitrogens is 1.